The van der Waals surface area contributed by atoms with Crippen molar-refractivity contribution in [3.05, 3.63) is 127 Å². The van der Waals surface area contributed by atoms with Crippen LogP contribution in [0, 0.1) is 0 Å². The van der Waals surface area contributed by atoms with Crippen LogP contribution < -0.4 is 9.80 Å². The van der Waals surface area contributed by atoms with Crippen LogP contribution in [0.2, 0.25) is 0 Å². The second kappa shape index (κ2) is 10.8. The van der Waals surface area contributed by atoms with Gasteiger partial charge in [-0.2, -0.15) is 0 Å². The van der Waals surface area contributed by atoms with E-state index in [1.54, 1.807) is 44.4 Å². The van der Waals surface area contributed by atoms with Crippen LogP contribution in [0.5, 0.6) is 5.75 Å². The summed E-state index contributed by atoms with van der Waals surface area (Å²) in [5.41, 5.74) is 6.76. The molecule has 0 aliphatic carbocycles. The van der Waals surface area contributed by atoms with Crippen molar-refractivity contribution in [3.63, 3.8) is 0 Å². The average Bonchev–Trinajstić information content (AvgIpc) is 3.83. The fourth-order valence-electron chi connectivity index (χ4n) is 6.67. The van der Waals surface area contributed by atoms with Crippen molar-refractivity contribution in [1.82, 2.24) is 9.55 Å². The van der Waals surface area contributed by atoms with Crippen molar-refractivity contribution < 1.29 is 16.4 Å². The third kappa shape index (κ3) is 4.36. The molecule has 1 atom stereocenters. The Morgan fingerprint density at radius 2 is 1.52 bits per heavy atom. The summed E-state index contributed by atoms with van der Waals surface area (Å²) in [5, 5.41) is 13.2. The number of anilines is 4. The summed E-state index contributed by atoms with van der Waals surface area (Å²) in [6.07, 6.45) is 3.41. The molecule has 8 rings (SSSR count). The Kier molecular flexibility index (Phi) is 5.41. The predicted molar refractivity (Wildman–Crippen MR) is 188 cm³/mol. The van der Waals surface area contributed by atoms with Crippen LogP contribution in [-0.2, 0) is 0 Å². The van der Waals surface area contributed by atoms with E-state index in [1.807, 2.05) is 89.5 Å². The van der Waals surface area contributed by atoms with Gasteiger partial charge in [-0.05, 0) is 65.4 Å². The lowest BCUT2D eigenvalue weighted by Crippen LogP contribution is -2.24. The summed E-state index contributed by atoms with van der Waals surface area (Å²) in [5.74, 6) is -2.40. The number of nitrogens with zero attached hydrogens (tertiary/aromatic N) is 4. The van der Waals surface area contributed by atoms with Crippen molar-refractivity contribution in [3.8, 4) is 22.8 Å². The van der Waals surface area contributed by atoms with Gasteiger partial charge in [0.15, 0.2) is 5.58 Å². The second-order valence-electron chi connectivity index (χ2n) is 11.9. The summed E-state index contributed by atoms with van der Waals surface area (Å²) in [7, 11) is 0. The van der Waals surface area contributed by atoms with Crippen molar-refractivity contribution in [2.75, 3.05) is 16.5 Å². The number of furan rings is 1. The van der Waals surface area contributed by atoms with Gasteiger partial charge in [-0.3, -0.25) is 4.57 Å². The summed E-state index contributed by atoms with van der Waals surface area (Å²) in [6, 6.07) is 32.6. The summed E-state index contributed by atoms with van der Waals surface area (Å²) >= 11 is 0. The maximum Gasteiger partial charge on any atom is 0.162 e. The van der Waals surface area contributed by atoms with Crippen molar-refractivity contribution in [2.24, 2.45) is 0 Å². The Morgan fingerprint density at radius 1 is 0.783 bits per heavy atom. The standard InChI is InChI=1S/C40H36N4O2/c1-25(2)29-14-10-15-30(26(3)4)37(29)42-22-21-41-40(42)27-11-9-12-28(23-27)43-24-44(34-17-7-6-16-33(34)43)38-35(45)20-19-32-31-13-5-8-18-36(31)46-39(32)38/h5-23,25-26,45H,24H2,1-4H3/i1D3,25D,26D. The normalized spacial score (nSPS) is 16.5. The molecule has 0 amide bonds. The predicted octanol–water partition coefficient (Wildman–Crippen LogP) is 10.6. The molecule has 0 radical (unpaired) electrons. The van der Waals surface area contributed by atoms with Gasteiger partial charge in [0, 0.05) is 41.3 Å². The van der Waals surface area contributed by atoms with Crippen LogP contribution in [0.1, 0.15) is 57.4 Å². The fourth-order valence-corrected chi connectivity index (χ4v) is 6.67. The van der Waals surface area contributed by atoms with Gasteiger partial charge in [-0.15, -0.1) is 0 Å². The summed E-state index contributed by atoms with van der Waals surface area (Å²) in [4.78, 5) is 8.96. The molecule has 5 aromatic carbocycles. The minimum Gasteiger partial charge on any atom is -0.506 e. The molecule has 3 heterocycles. The highest BCUT2D eigenvalue weighted by molar-refractivity contribution is 6.11. The third-order valence-corrected chi connectivity index (χ3v) is 8.79. The lowest BCUT2D eigenvalue weighted by molar-refractivity contribution is 0.475. The van der Waals surface area contributed by atoms with Gasteiger partial charge >= 0.3 is 0 Å². The molecule has 0 fully saturated rings. The number of aromatic nitrogens is 2. The molecule has 1 N–H and O–H groups in total. The zero-order chi connectivity index (χ0) is 35.9. The minimum atomic E-state index is -2.62. The molecule has 228 valence electrons. The Hall–Kier alpha value is -5.49. The highest BCUT2D eigenvalue weighted by Gasteiger charge is 2.32. The summed E-state index contributed by atoms with van der Waals surface area (Å²) < 4.78 is 50.9. The number of rotatable bonds is 6. The maximum atomic E-state index is 11.3. The molecule has 6 heteroatoms. The Labute approximate surface area is 275 Å². The van der Waals surface area contributed by atoms with Crippen molar-refractivity contribution in [1.29, 1.82) is 0 Å². The van der Waals surface area contributed by atoms with Gasteiger partial charge in [0.05, 0.1) is 17.1 Å². The Balaban J connectivity index is 1.25. The second-order valence-corrected chi connectivity index (χ2v) is 11.9. The molecular weight excluding hydrogens is 568 g/mol. The summed E-state index contributed by atoms with van der Waals surface area (Å²) in [6.45, 7) is 2.67. The van der Waals surface area contributed by atoms with E-state index in [2.05, 4.69) is 9.80 Å². The molecule has 0 bridgehead atoms. The highest BCUT2D eigenvalue weighted by Crippen LogP contribution is 2.50. The molecule has 6 nitrogen and oxygen atoms in total. The van der Waals surface area contributed by atoms with Crippen LogP contribution in [0.4, 0.5) is 22.7 Å². The molecule has 2 aromatic heterocycles. The molecule has 46 heavy (non-hydrogen) atoms. The molecule has 0 saturated heterocycles. The number of fused-ring (bicyclic) bond motifs is 4. The maximum absolute atomic E-state index is 11.3. The van der Waals surface area contributed by atoms with E-state index in [4.69, 9.17) is 16.3 Å². The van der Waals surface area contributed by atoms with Gasteiger partial charge in [0.25, 0.3) is 0 Å². The fraction of sp³-hybridized carbons (Fsp3) is 0.175. The molecule has 1 aliphatic rings. The first kappa shape index (κ1) is 22.9. The first-order valence-corrected chi connectivity index (χ1v) is 15.3. The molecule has 0 spiro atoms. The molecule has 1 aliphatic heterocycles. The van der Waals surface area contributed by atoms with Crippen molar-refractivity contribution in [2.45, 2.75) is 39.4 Å². The van der Waals surface area contributed by atoms with E-state index in [0.29, 0.717) is 40.6 Å². The number of hydrogen-bond donors (Lipinski definition) is 1. The van der Waals surface area contributed by atoms with E-state index < -0.39 is 18.6 Å². The van der Waals surface area contributed by atoms with Crippen molar-refractivity contribution >= 4 is 44.7 Å². The zero-order valence-electron chi connectivity index (χ0n) is 30.8. The number of para-hydroxylation sites is 4. The van der Waals surface area contributed by atoms with E-state index in [-0.39, 0.29) is 5.75 Å². The van der Waals surface area contributed by atoms with E-state index >= 15 is 0 Å². The van der Waals surface area contributed by atoms with Crippen LogP contribution in [0.15, 0.2) is 120 Å². The molecule has 7 aromatic rings. The highest BCUT2D eigenvalue weighted by atomic mass is 16.3. The quantitative estimate of drug-likeness (QED) is 0.203. The average molecular weight is 610 g/mol. The minimum absolute atomic E-state index is 0.110. The lowest BCUT2D eigenvalue weighted by atomic mass is 9.92. The number of phenols is 1. The SMILES string of the molecule is [2H]C(C)(C)c1cccc(C([2H])(C)C([2H])([2H])[2H])c1-n1ccnc1-c1cccc(N2CN(c3c(O)ccc4c3oc3ccccc34)c3ccccc32)c1. The Bertz CT molecular complexity index is 2460. The number of phenolic OH excluding ortho intramolecular Hbond substituents is 1. The number of hydrogen-bond acceptors (Lipinski definition) is 5. The van der Waals surface area contributed by atoms with Gasteiger partial charge in [0.1, 0.15) is 29.5 Å². The number of aromatic hydroxyl groups is 1. The number of benzene rings is 5. The van der Waals surface area contributed by atoms with E-state index in [0.717, 1.165) is 39.0 Å². The first-order chi connectivity index (χ1) is 24.3. The topological polar surface area (TPSA) is 57.7 Å². The molecule has 1 unspecified atom stereocenters. The van der Waals surface area contributed by atoms with E-state index in [9.17, 15) is 5.11 Å². The zero-order valence-corrected chi connectivity index (χ0v) is 25.8. The van der Waals surface area contributed by atoms with Crippen LogP contribution >= 0.6 is 0 Å². The van der Waals surface area contributed by atoms with Crippen LogP contribution in [0.3, 0.4) is 0 Å². The largest absolute Gasteiger partial charge is 0.506 e. The van der Waals surface area contributed by atoms with Crippen LogP contribution in [0.25, 0.3) is 39.0 Å². The lowest BCUT2D eigenvalue weighted by Gasteiger charge is -2.24. The Morgan fingerprint density at radius 3 is 2.33 bits per heavy atom. The van der Waals surface area contributed by atoms with Crippen LogP contribution in [-0.4, -0.2) is 21.3 Å². The van der Waals surface area contributed by atoms with Gasteiger partial charge in [-0.25, -0.2) is 4.98 Å². The molecule has 0 saturated carbocycles. The smallest absolute Gasteiger partial charge is 0.162 e. The van der Waals surface area contributed by atoms with Gasteiger partial charge in [0.2, 0.25) is 0 Å². The first-order valence-electron chi connectivity index (χ1n) is 17.8. The molecular formula is C40H36N4O2. The third-order valence-electron chi connectivity index (χ3n) is 8.79. The van der Waals surface area contributed by atoms with Gasteiger partial charge < -0.3 is 19.3 Å². The monoisotopic (exact) mass is 609 g/mol. The van der Waals surface area contributed by atoms with E-state index in [1.165, 1.54) is 6.92 Å². The number of imidazole rings is 1. The van der Waals surface area contributed by atoms with Gasteiger partial charge in [-0.1, -0.05) is 88.3 Å².